The highest BCUT2D eigenvalue weighted by molar-refractivity contribution is 5.97. The van der Waals surface area contributed by atoms with Crippen LogP contribution in [0, 0.1) is 39.4 Å². The Morgan fingerprint density at radius 3 is 2.26 bits per heavy atom. The molecule has 0 heterocycles. The van der Waals surface area contributed by atoms with Crippen molar-refractivity contribution in [3.63, 3.8) is 0 Å². The zero-order valence-corrected chi connectivity index (χ0v) is 25.1. The molecule has 3 fully saturated rings. The molecular weight excluding hydrogens is 496 g/mol. The van der Waals surface area contributed by atoms with Gasteiger partial charge in [-0.2, -0.15) is 0 Å². The highest BCUT2D eigenvalue weighted by Crippen LogP contribution is 2.75. The molecule has 3 saturated carbocycles. The summed E-state index contributed by atoms with van der Waals surface area (Å²) < 4.78 is 5.26. The van der Waals surface area contributed by atoms with Gasteiger partial charge in [0.25, 0.3) is 0 Å². The van der Waals surface area contributed by atoms with Crippen LogP contribution in [0.2, 0.25) is 0 Å². The lowest BCUT2D eigenvalue weighted by molar-refractivity contribution is -0.176. The molecule has 0 aromatic rings. The maximum absolute atomic E-state index is 13.5. The van der Waals surface area contributed by atoms with Gasteiger partial charge in [0.15, 0.2) is 11.6 Å². The zero-order chi connectivity index (χ0) is 29.6. The SMILES string of the molecule is CC(=O)OC(C)(C)/C=C/C(=O)[C@](C)(O)[C@H]1[C@H](O)C[C@@]2(C)[C@@H]3CC=C4[C@@H](C[C@H](O)C(=O)C4(C)C)[C@]3(C)CC[C@]12C. The van der Waals surface area contributed by atoms with Crippen LogP contribution in [-0.2, 0) is 19.1 Å². The number of hydrogen-bond donors (Lipinski definition) is 3. The molecule has 3 N–H and O–H groups in total. The van der Waals surface area contributed by atoms with Crippen molar-refractivity contribution in [2.24, 2.45) is 39.4 Å². The molecular formula is C32H48O7. The normalized spacial score (nSPS) is 43.1. The number of esters is 1. The van der Waals surface area contributed by atoms with Crippen molar-refractivity contribution >= 4 is 17.5 Å². The van der Waals surface area contributed by atoms with Gasteiger partial charge < -0.3 is 20.1 Å². The van der Waals surface area contributed by atoms with E-state index in [0.29, 0.717) is 19.3 Å². The molecule has 4 aliphatic carbocycles. The van der Waals surface area contributed by atoms with Crippen molar-refractivity contribution in [3.8, 4) is 0 Å². The summed E-state index contributed by atoms with van der Waals surface area (Å²) in [5.74, 6) is -1.58. The van der Waals surface area contributed by atoms with Gasteiger partial charge in [0, 0.05) is 18.3 Å². The van der Waals surface area contributed by atoms with Crippen LogP contribution in [0.25, 0.3) is 0 Å². The Morgan fingerprint density at radius 2 is 1.67 bits per heavy atom. The lowest BCUT2D eigenvalue weighted by atomic mass is 9.39. The van der Waals surface area contributed by atoms with Gasteiger partial charge in [-0.05, 0) is 107 Å². The average Bonchev–Trinajstić information content (AvgIpc) is 3.01. The molecule has 0 aliphatic heterocycles. The van der Waals surface area contributed by atoms with Crippen molar-refractivity contribution in [2.45, 2.75) is 118 Å². The highest BCUT2D eigenvalue weighted by atomic mass is 16.6. The third-order valence-electron chi connectivity index (χ3n) is 11.7. The fourth-order valence-corrected chi connectivity index (χ4v) is 9.64. The summed E-state index contributed by atoms with van der Waals surface area (Å²) in [5.41, 5.74) is -3.52. The summed E-state index contributed by atoms with van der Waals surface area (Å²) in [6.07, 6.45) is 6.26. The Labute approximate surface area is 233 Å². The fraction of sp³-hybridized carbons (Fsp3) is 0.781. The molecule has 4 aliphatic rings. The number of ketones is 2. The van der Waals surface area contributed by atoms with Gasteiger partial charge in [0.05, 0.1) is 6.10 Å². The summed E-state index contributed by atoms with van der Waals surface area (Å²) >= 11 is 0. The smallest absolute Gasteiger partial charge is 0.303 e. The molecule has 0 aromatic heterocycles. The molecule has 0 unspecified atom stereocenters. The predicted octanol–water partition coefficient (Wildman–Crippen LogP) is 4.32. The first-order valence-corrected chi connectivity index (χ1v) is 14.4. The van der Waals surface area contributed by atoms with E-state index in [1.165, 1.54) is 26.0 Å². The minimum atomic E-state index is -1.83. The quantitative estimate of drug-likeness (QED) is 0.268. The van der Waals surface area contributed by atoms with Gasteiger partial charge in [-0.15, -0.1) is 0 Å². The maximum atomic E-state index is 13.5. The van der Waals surface area contributed by atoms with Crippen LogP contribution in [0.5, 0.6) is 0 Å². The van der Waals surface area contributed by atoms with E-state index in [1.807, 2.05) is 13.8 Å². The van der Waals surface area contributed by atoms with Crippen LogP contribution >= 0.6 is 0 Å². The van der Waals surface area contributed by atoms with E-state index in [0.717, 1.165) is 18.4 Å². The van der Waals surface area contributed by atoms with Crippen LogP contribution in [0.15, 0.2) is 23.8 Å². The number of fused-ring (bicyclic) bond motifs is 5. The summed E-state index contributed by atoms with van der Waals surface area (Å²) in [5, 5.41) is 34.1. The molecule has 0 spiro atoms. The van der Waals surface area contributed by atoms with Crippen molar-refractivity contribution in [1.29, 1.82) is 0 Å². The van der Waals surface area contributed by atoms with E-state index in [2.05, 4.69) is 26.8 Å². The van der Waals surface area contributed by atoms with Crippen LogP contribution in [0.3, 0.4) is 0 Å². The second-order valence-corrected chi connectivity index (χ2v) is 14.9. The molecule has 0 saturated heterocycles. The molecule has 0 aromatic carbocycles. The van der Waals surface area contributed by atoms with Crippen LogP contribution in [0.4, 0.5) is 0 Å². The zero-order valence-electron chi connectivity index (χ0n) is 25.1. The summed E-state index contributed by atoms with van der Waals surface area (Å²) in [4.78, 5) is 37.8. The number of carbonyl (C=O) groups excluding carboxylic acids is 3. The molecule has 0 radical (unpaired) electrons. The minimum Gasteiger partial charge on any atom is -0.456 e. The van der Waals surface area contributed by atoms with Crippen LogP contribution < -0.4 is 0 Å². The molecule has 7 nitrogen and oxygen atoms in total. The second kappa shape index (κ2) is 9.09. The van der Waals surface area contributed by atoms with Crippen molar-refractivity contribution in [3.05, 3.63) is 23.8 Å². The van der Waals surface area contributed by atoms with Crippen molar-refractivity contribution in [2.75, 3.05) is 0 Å². The molecule has 0 amide bonds. The first kappa shape index (κ1) is 30.1. The summed E-state index contributed by atoms with van der Waals surface area (Å²) in [6.45, 7) is 16.6. The Morgan fingerprint density at radius 1 is 1.05 bits per heavy atom. The van der Waals surface area contributed by atoms with Gasteiger partial charge in [-0.3, -0.25) is 14.4 Å². The summed E-state index contributed by atoms with van der Waals surface area (Å²) in [7, 11) is 0. The number of Topliss-reactive ketones (excluding diaryl/α,β-unsaturated/α-hetero) is 1. The molecule has 4 rings (SSSR count). The number of aliphatic hydroxyl groups is 3. The molecule has 7 heteroatoms. The van der Waals surface area contributed by atoms with Crippen LogP contribution in [-0.4, -0.2) is 56.3 Å². The lowest BCUT2D eigenvalue weighted by Gasteiger charge is -2.65. The van der Waals surface area contributed by atoms with Crippen molar-refractivity contribution in [1.82, 2.24) is 0 Å². The molecule has 0 bridgehead atoms. The first-order chi connectivity index (χ1) is 17.6. The third kappa shape index (κ3) is 4.29. The number of allylic oxidation sites excluding steroid dienone is 2. The number of rotatable bonds is 5. The molecule has 9 atom stereocenters. The van der Waals surface area contributed by atoms with Gasteiger partial charge in [0.2, 0.25) is 0 Å². The van der Waals surface area contributed by atoms with E-state index < -0.39 is 51.9 Å². The topological polar surface area (TPSA) is 121 Å². The number of carbonyl (C=O) groups is 3. The minimum absolute atomic E-state index is 0.0603. The van der Waals surface area contributed by atoms with Crippen molar-refractivity contribution < 1.29 is 34.4 Å². The Kier molecular flexibility index (Phi) is 7.02. The lowest BCUT2D eigenvalue weighted by Crippen LogP contribution is -2.62. The third-order valence-corrected chi connectivity index (χ3v) is 11.7. The fourth-order valence-electron chi connectivity index (χ4n) is 9.64. The van der Waals surface area contributed by atoms with Gasteiger partial charge >= 0.3 is 5.97 Å². The van der Waals surface area contributed by atoms with E-state index in [4.69, 9.17) is 4.74 Å². The Balaban J connectivity index is 1.70. The van der Waals surface area contributed by atoms with Gasteiger partial charge in [-0.25, -0.2) is 0 Å². The number of hydrogen-bond acceptors (Lipinski definition) is 7. The predicted molar refractivity (Wildman–Crippen MR) is 147 cm³/mol. The highest BCUT2D eigenvalue weighted by Gasteiger charge is 2.72. The van der Waals surface area contributed by atoms with E-state index in [1.54, 1.807) is 13.8 Å². The van der Waals surface area contributed by atoms with Crippen LogP contribution in [0.1, 0.15) is 94.4 Å². The standard InChI is InChI=1S/C32H48O7/c1-18(33)39-27(2,3)13-12-24(36)32(9,38)25-22(35)17-31(8)23-11-10-19-20(16-21(34)26(37)28(19,4)5)29(23,6)14-15-30(25,31)7/h10,12-13,20-23,25,34-35,38H,11,14-17H2,1-9H3/b13-12+/t20-,21+,22-,23-,25+,29+,30-,31+,32+/m1/s1. The second-order valence-electron chi connectivity index (χ2n) is 14.9. The average molecular weight is 545 g/mol. The van der Waals surface area contributed by atoms with Gasteiger partial charge in [0.1, 0.15) is 17.3 Å². The number of ether oxygens (including phenoxy) is 1. The van der Waals surface area contributed by atoms with E-state index in [-0.39, 0.29) is 28.4 Å². The monoisotopic (exact) mass is 544 g/mol. The maximum Gasteiger partial charge on any atom is 0.303 e. The summed E-state index contributed by atoms with van der Waals surface area (Å²) in [6, 6.07) is 0. The largest absolute Gasteiger partial charge is 0.456 e. The molecule has 39 heavy (non-hydrogen) atoms. The first-order valence-electron chi connectivity index (χ1n) is 14.4. The Hall–Kier alpha value is -1.83. The molecule has 218 valence electrons. The van der Waals surface area contributed by atoms with E-state index in [9.17, 15) is 29.7 Å². The van der Waals surface area contributed by atoms with Gasteiger partial charge in [-0.1, -0.05) is 32.4 Å². The number of aliphatic hydroxyl groups excluding tert-OH is 2. The Bertz CT molecular complexity index is 1130. The van der Waals surface area contributed by atoms with E-state index >= 15 is 0 Å².